The lowest BCUT2D eigenvalue weighted by Gasteiger charge is -2.31. The van der Waals surface area contributed by atoms with Gasteiger partial charge in [-0.25, -0.2) is 9.97 Å². The first-order chi connectivity index (χ1) is 27.9. The van der Waals surface area contributed by atoms with Crippen molar-refractivity contribution in [1.82, 2.24) is 34.6 Å². The topological polar surface area (TPSA) is 104 Å². The van der Waals surface area contributed by atoms with Crippen LogP contribution in [-0.4, -0.2) is 86.7 Å². The minimum absolute atomic E-state index is 0.0694. The molecule has 57 heavy (non-hydrogen) atoms. The number of H-pyrrole nitrogens is 2. The Kier molecular flexibility index (Phi) is 10.2. The Morgan fingerprint density at radius 3 is 1.75 bits per heavy atom. The third kappa shape index (κ3) is 7.37. The molecule has 0 saturated carbocycles. The maximum Gasteiger partial charge on any atom is 0.254 e. The summed E-state index contributed by atoms with van der Waals surface area (Å²) in [6.45, 7) is 3.56. The number of benzene rings is 4. The molecule has 2 amide bonds. The SMILES string of the molecule is CN(C)C(C(=O)N1CCC[C@H]1c1ncc(-c2ccc(-c3ccc(-c4cnc([C@@H]5CCCN5C(=O)c5cccc(N6CCCC6)c5)[nH]4)cc3)cc2)[nH]1)c1ccccc1. The minimum Gasteiger partial charge on any atom is -0.372 e. The van der Waals surface area contributed by atoms with E-state index in [4.69, 9.17) is 9.97 Å². The summed E-state index contributed by atoms with van der Waals surface area (Å²) in [4.78, 5) is 52.7. The van der Waals surface area contributed by atoms with Gasteiger partial charge in [0.15, 0.2) is 0 Å². The number of hydrogen-bond acceptors (Lipinski definition) is 6. The number of likely N-dealkylation sites (tertiary alicyclic amines) is 2. The monoisotopic (exact) mass is 758 g/mol. The number of aromatic nitrogens is 4. The van der Waals surface area contributed by atoms with E-state index in [1.54, 1.807) is 0 Å². The molecule has 3 saturated heterocycles. The minimum atomic E-state index is -0.340. The van der Waals surface area contributed by atoms with Gasteiger partial charge in [-0.2, -0.15) is 0 Å². The number of aromatic amines is 2. The summed E-state index contributed by atoms with van der Waals surface area (Å²) in [6, 6.07) is 34.7. The fraction of sp³-hybridized carbons (Fsp3) is 0.319. The largest absolute Gasteiger partial charge is 0.372 e. The molecule has 290 valence electrons. The summed E-state index contributed by atoms with van der Waals surface area (Å²) in [5, 5.41) is 0. The number of nitrogens with one attached hydrogen (secondary N) is 2. The molecule has 2 aromatic heterocycles. The van der Waals surface area contributed by atoms with Crippen LogP contribution in [0, 0.1) is 0 Å². The van der Waals surface area contributed by atoms with E-state index in [0.717, 1.165) is 114 Å². The van der Waals surface area contributed by atoms with E-state index in [0.29, 0.717) is 0 Å². The van der Waals surface area contributed by atoms with E-state index in [1.165, 1.54) is 12.8 Å². The third-order valence-electron chi connectivity index (χ3n) is 12.0. The second-order valence-corrected chi connectivity index (χ2v) is 15.9. The van der Waals surface area contributed by atoms with Crippen LogP contribution in [0.1, 0.15) is 84.2 Å². The van der Waals surface area contributed by atoms with E-state index in [1.807, 2.05) is 83.7 Å². The number of rotatable bonds is 10. The number of carbonyl (C=O) groups is 2. The Morgan fingerprint density at radius 2 is 1.18 bits per heavy atom. The van der Waals surface area contributed by atoms with Gasteiger partial charge in [0.25, 0.3) is 5.91 Å². The molecule has 6 aromatic rings. The molecule has 0 aliphatic carbocycles. The standard InChI is InChI=1S/C47H50N8O2/c1-52(2)43(36-11-4-3-5-12-36)47(57)55-28-10-16-42(55)45-49-31-40(51-45)35-23-19-33(20-24-35)32-17-21-34(22-18-32)39-30-48-44(50-39)41-15-9-27-54(41)46(56)37-13-8-14-38(29-37)53-25-6-7-26-53/h3-5,8,11-14,17-24,29-31,41-43H,6-7,9-10,15-16,25-28H2,1-2H3,(H,48,50)(H,49,51)/t41-,42-,43?/m0/s1. The fourth-order valence-electron chi connectivity index (χ4n) is 9.03. The maximum atomic E-state index is 13.9. The van der Waals surface area contributed by atoms with Crippen LogP contribution in [-0.2, 0) is 4.79 Å². The first kappa shape index (κ1) is 36.6. The van der Waals surface area contributed by atoms with Crippen molar-refractivity contribution in [2.24, 2.45) is 0 Å². The zero-order valence-corrected chi connectivity index (χ0v) is 32.8. The van der Waals surface area contributed by atoms with E-state index in [-0.39, 0.29) is 29.9 Å². The van der Waals surface area contributed by atoms with Crippen molar-refractivity contribution in [1.29, 1.82) is 0 Å². The Morgan fingerprint density at radius 1 is 0.632 bits per heavy atom. The Balaban J connectivity index is 0.853. The summed E-state index contributed by atoms with van der Waals surface area (Å²) in [6.07, 6.45) is 9.86. The van der Waals surface area contributed by atoms with E-state index >= 15 is 0 Å². The molecule has 3 fully saturated rings. The van der Waals surface area contributed by atoms with Gasteiger partial charge in [0.05, 0.1) is 35.9 Å². The smallest absolute Gasteiger partial charge is 0.254 e. The number of likely N-dealkylation sites (N-methyl/N-ethyl adjacent to an activating group) is 1. The zero-order chi connectivity index (χ0) is 38.9. The Labute approximate surface area is 334 Å². The number of anilines is 1. The molecule has 10 nitrogen and oxygen atoms in total. The van der Waals surface area contributed by atoms with Crippen LogP contribution in [0.15, 0.2) is 116 Å². The summed E-state index contributed by atoms with van der Waals surface area (Å²) < 4.78 is 0. The van der Waals surface area contributed by atoms with Crippen LogP contribution in [0.3, 0.4) is 0 Å². The van der Waals surface area contributed by atoms with Crippen LogP contribution >= 0.6 is 0 Å². The average molecular weight is 759 g/mol. The summed E-state index contributed by atoms with van der Waals surface area (Å²) in [7, 11) is 3.92. The zero-order valence-electron chi connectivity index (χ0n) is 32.8. The van der Waals surface area contributed by atoms with Crippen molar-refractivity contribution in [3.05, 3.63) is 138 Å². The van der Waals surface area contributed by atoms with E-state index < -0.39 is 0 Å². The lowest BCUT2D eigenvalue weighted by Crippen LogP contribution is -2.40. The van der Waals surface area contributed by atoms with Crippen molar-refractivity contribution < 1.29 is 9.59 Å². The van der Waals surface area contributed by atoms with E-state index in [9.17, 15) is 9.59 Å². The average Bonchev–Trinajstić information content (AvgIpc) is 4.10. The normalized spacial score (nSPS) is 18.8. The van der Waals surface area contributed by atoms with Crippen LogP contribution in [0.25, 0.3) is 33.6 Å². The molecule has 0 radical (unpaired) electrons. The first-order valence-corrected chi connectivity index (χ1v) is 20.4. The molecule has 2 N–H and O–H groups in total. The van der Waals surface area contributed by atoms with E-state index in [2.05, 4.69) is 75.5 Å². The van der Waals surface area contributed by atoms with Gasteiger partial charge in [-0.1, -0.05) is 84.9 Å². The number of hydrogen-bond donors (Lipinski definition) is 2. The molecule has 3 aliphatic rings. The fourth-order valence-corrected chi connectivity index (χ4v) is 9.03. The molecule has 0 bridgehead atoms. The molecule has 9 rings (SSSR count). The van der Waals surface area contributed by atoms with Crippen molar-refractivity contribution in [3.8, 4) is 33.6 Å². The number of amides is 2. The van der Waals surface area contributed by atoms with Crippen LogP contribution < -0.4 is 4.90 Å². The Bertz CT molecular complexity index is 2330. The number of imidazole rings is 2. The van der Waals surface area contributed by atoms with Crippen molar-refractivity contribution in [3.63, 3.8) is 0 Å². The highest BCUT2D eigenvalue weighted by atomic mass is 16.2. The molecule has 4 aromatic carbocycles. The number of carbonyl (C=O) groups excluding carboxylic acids is 2. The maximum absolute atomic E-state index is 13.9. The summed E-state index contributed by atoms with van der Waals surface area (Å²) >= 11 is 0. The molecule has 1 unspecified atom stereocenters. The second kappa shape index (κ2) is 15.9. The highest BCUT2D eigenvalue weighted by molar-refractivity contribution is 5.95. The van der Waals surface area contributed by atoms with Gasteiger partial charge in [-0.3, -0.25) is 14.5 Å². The number of nitrogens with zero attached hydrogens (tertiary/aromatic N) is 6. The molecule has 5 heterocycles. The second-order valence-electron chi connectivity index (χ2n) is 15.9. The van der Waals surface area contributed by atoms with Gasteiger partial charge >= 0.3 is 0 Å². The van der Waals surface area contributed by atoms with Gasteiger partial charge in [0.1, 0.15) is 17.7 Å². The quantitative estimate of drug-likeness (QED) is 0.145. The first-order valence-electron chi connectivity index (χ1n) is 20.4. The van der Waals surface area contributed by atoms with Gasteiger partial charge in [0, 0.05) is 37.4 Å². The van der Waals surface area contributed by atoms with Crippen LogP contribution in [0.2, 0.25) is 0 Å². The summed E-state index contributed by atoms with van der Waals surface area (Å²) in [5.41, 5.74) is 9.10. The van der Waals surface area contributed by atoms with Crippen LogP contribution in [0.5, 0.6) is 0 Å². The molecule has 10 heteroatoms. The van der Waals surface area contributed by atoms with Gasteiger partial charge in [-0.15, -0.1) is 0 Å². The molecule has 0 spiro atoms. The highest BCUT2D eigenvalue weighted by Gasteiger charge is 2.37. The predicted octanol–water partition coefficient (Wildman–Crippen LogP) is 8.68. The van der Waals surface area contributed by atoms with Crippen LogP contribution in [0.4, 0.5) is 5.69 Å². The van der Waals surface area contributed by atoms with Crippen molar-refractivity contribution >= 4 is 17.5 Å². The third-order valence-corrected chi connectivity index (χ3v) is 12.0. The predicted molar refractivity (Wildman–Crippen MR) is 224 cm³/mol. The van der Waals surface area contributed by atoms with Gasteiger partial charge in [-0.05, 0) is 98.6 Å². The van der Waals surface area contributed by atoms with Gasteiger partial charge < -0.3 is 24.7 Å². The van der Waals surface area contributed by atoms with Crippen molar-refractivity contribution in [2.45, 2.75) is 56.7 Å². The molecule has 3 aliphatic heterocycles. The lowest BCUT2D eigenvalue weighted by molar-refractivity contribution is -0.137. The molecular formula is C47H50N8O2. The van der Waals surface area contributed by atoms with Gasteiger partial charge in [0.2, 0.25) is 5.91 Å². The lowest BCUT2D eigenvalue weighted by atomic mass is 10.0. The summed E-state index contributed by atoms with van der Waals surface area (Å²) in [5.74, 6) is 1.85. The molecule has 3 atom stereocenters. The highest BCUT2D eigenvalue weighted by Crippen LogP contribution is 2.37. The molecular weight excluding hydrogens is 709 g/mol. The Hall–Kier alpha value is -6.00. The van der Waals surface area contributed by atoms with Crippen molar-refractivity contribution in [2.75, 3.05) is 45.2 Å².